The fourth-order valence-electron chi connectivity index (χ4n) is 3.43. The number of para-hydroxylation sites is 1. The molecule has 0 atom stereocenters. The molecule has 2 heterocycles. The monoisotopic (exact) mass is 314 g/mol. The number of fused-ring (bicyclic) bond motifs is 1. The van der Waals surface area contributed by atoms with Gasteiger partial charge in [0, 0.05) is 30.7 Å². The van der Waals surface area contributed by atoms with Gasteiger partial charge in [0.2, 0.25) is 5.91 Å². The van der Waals surface area contributed by atoms with Crippen LogP contribution in [0.25, 0.3) is 10.9 Å². The largest absolute Gasteiger partial charge is 0.481 e. The van der Waals surface area contributed by atoms with Crippen molar-refractivity contribution in [3.05, 3.63) is 36.0 Å². The molecule has 0 radical (unpaired) electrons. The first-order valence-electron chi connectivity index (χ1n) is 8.09. The Labute approximate surface area is 135 Å². The number of carboxylic acid groups (broad SMARTS) is 1. The second-order valence-corrected chi connectivity index (χ2v) is 6.35. The van der Waals surface area contributed by atoms with Gasteiger partial charge in [0.05, 0.1) is 0 Å². The van der Waals surface area contributed by atoms with E-state index in [0.29, 0.717) is 19.6 Å². The lowest BCUT2D eigenvalue weighted by atomic mass is 9.93. The van der Waals surface area contributed by atoms with E-state index >= 15 is 0 Å². The molecular weight excluding hydrogens is 292 g/mol. The van der Waals surface area contributed by atoms with Crippen LogP contribution in [0.4, 0.5) is 0 Å². The molecule has 0 saturated carbocycles. The molecule has 0 aliphatic carbocycles. The third-order valence-corrected chi connectivity index (χ3v) is 4.74. The Kier molecular flexibility index (Phi) is 4.37. The number of piperidine rings is 1. The SMILES string of the molecule is Cc1cc2ccccc2n1CC(=O)N1CCC(CC(=O)O)CC1. The molecule has 3 rings (SSSR count). The van der Waals surface area contributed by atoms with Crippen molar-refractivity contribution in [3.8, 4) is 0 Å². The summed E-state index contributed by atoms with van der Waals surface area (Å²) in [6.45, 7) is 3.69. The van der Waals surface area contributed by atoms with Gasteiger partial charge >= 0.3 is 5.97 Å². The van der Waals surface area contributed by atoms with E-state index < -0.39 is 5.97 Å². The number of carbonyl (C=O) groups is 2. The van der Waals surface area contributed by atoms with E-state index in [0.717, 1.165) is 29.4 Å². The van der Waals surface area contributed by atoms with Crippen molar-refractivity contribution in [3.63, 3.8) is 0 Å². The molecule has 1 aromatic carbocycles. The number of carbonyl (C=O) groups excluding carboxylic acids is 1. The number of rotatable bonds is 4. The third kappa shape index (κ3) is 3.38. The number of hydrogen-bond donors (Lipinski definition) is 1. The highest BCUT2D eigenvalue weighted by Crippen LogP contribution is 2.22. The van der Waals surface area contributed by atoms with E-state index in [1.807, 2.05) is 30.0 Å². The molecule has 5 heteroatoms. The van der Waals surface area contributed by atoms with Crippen LogP contribution < -0.4 is 0 Å². The molecule has 5 nitrogen and oxygen atoms in total. The summed E-state index contributed by atoms with van der Waals surface area (Å²) in [5, 5.41) is 10.0. The van der Waals surface area contributed by atoms with Gasteiger partial charge in [-0.1, -0.05) is 18.2 Å². The maximum Gasteiger partial charge on any atom is 0.303 e. The zero-order chi connectivity index (χ0) is 16.4. The Morgan fingerprint density at radius 3 is 2.61 bits per heavy atom. The number of amides is 1. The average Bonchev–Trinajstić information content (AvgIpc) is 2.83. The number of aromatic nitrogens is 1. The number of likely N-dealkylation sites (tertiary alicyclic amines) is 1. The summed E-state index contributed by atoms with van der Waals surface area (Å²) in [6.07, 6.45) is 1.77. The van der Waals surface area contributed by atoms with Crippen molar-refractivity contribution in [1.82, 2.24) is 9.47 Å². The highest BCUT2D eigenvalue weighted by atomic mass is 16.4. The van der Waals surface area contributed by atoms with Gasteiger partial charge in [-0.05, 0) is 43.2 Å². The van der Waals surface area contributed by atoms with Crippen LogP contribution >= 0.6 is 0 Å². The van der Waals surface area contributed by atoms with Crippen LogP contribution in [0.5, 0.6) is 0 Å². The Balaban J connectivity index is 1.65. The summed E-state index contributed by atoms with van der Waals surface area (Å²) in [7, 11) is 0. The summed E-state index contributed by atoms with van der Waals surface area (Å²) in [5.41, 5.74) is 2.17. The molecule has 1 aliphatic rings. The summed E-state index contributed by atoms with van der Waals surface area (Å²) in [4.78, 5) is 25.2. The van der Waals surface area contributed by atoms with Gasteiger partial charge in [-0.2, -0.15) is 0 Å². The van der Waals surface area contributed by atoms with Gasteiger partial charge in [-0.3, -0.25) is 9.59 Å². The fourth-order valence-corrected chi connectivity index (χ4v) is 3.43. The van der Waals surface area contributed by atoms with Crippen molar-refractivity contribution >= 4 is 22.8 Å². The van der Waals surface area contributed by atoms with Crippen LogP contribution in [0.3, 0.4) is 0 Å². The minimum atomic E-state index is -0.746. The molecule has 0 spiro atoms. The minimum absolute atomic E-state index is 0.114. The van der Waals surface area contributed by atoms with E-state index in [-0.39, 0.29) is 18.2 Å². The molecule has 1 saturated heterocycles. The van der Waals surface area contributed by atoms with Gasteiger partial charge in [0.15, 0.2) is 0 Å². The number of carboxylic acids is 1. The topological polar surface area (TPSA) is 62.5 Å². The molecule has 1 amide bonds. The number of aliphatic carboxylic acids is 1. The van der Waals surface area contributed by atoms with E-state index in [2.05, 4.69) is 16.7 Å². The lowest BCUT2D eigenvalue weighted by Gasteiger charge is -2.31. The third-order valence-electron chi connectivity index (χ3n) is 4.74. The van der Waals surface area contributed by atoms with Gasteiger partial charge in [0.1, 0.15) is 6.54 Å². The Hall–Kier alpha value is -2.30. The van der Waals surface area contributed by atoms with Gasteiger partial charge < -0.3 is 14.6 Å². The fraction of sp³-hybridized carbons (Fsp3) is 0.444. The van der Waals surface area contributed by atoms with E-state index in [9.17, 15) is 9.59 Å². The quantitative estimate of drug-likeness (QED) is 0.943. The predicted octanol–water partition coefficient (Wildman–Crippen LogP) is 2.66. The average molecular weight is 314 g/mol. The molecule has 1 aliphatic heterocycles. The smallest absolute Gasteiger partial charge is 0.303 e. The van der Waals surface area contributed by atoms with Crippen LogP contribution in [0.15, 0.2) is 30.3 Å². The molecule has 1 aromatic heterocycles. The van der Waals surface area contributed by atoms with Crippen molar-refractivity contribution in [2.24, 2.45) is 5.92 Å². The predicted molar refractivity (Wildman–Crippen MR) is 88.2 cm³/mol. The van der Waals surface area contributed by atoms with Crippen molar-refractivity contribution in [1.29, 1.82) is 0 Å². The van der Waals surface area contributed by atoms with Crippen molar-refractivity contribution in [2.75, 3.05) is 13.1 Å². The summed E-state index contributed by atoms with van der Waals surface area (Å²) < 4.78 is 2.06. The van der Waals surface area contributed by atoms with Gasteiger partial charge in [-0.25, -0.2) is 0 Å². The minimum Gasteiger partial charge on any atom is -0.481 e. The van der Waals surface area contributed by atoms with Crippen molar-refractivity contribution in [2.45, 2.75) is 32.7 Å². The molecule has 122 valence electrons. The number of nitrogens with zero attached hydrogens (tertiary/aromatic N) is 2. The highest BCUT2D eigenvalue weighted by molar-refractivity contribution is 5.84. The molecule has 23 heavy (non-hydrogen) atoms. The Morgan fingerprint density at radius 2 is 1.91 bits per heavy atom. The Morgan fingerprint density at radius 1 is 1.22 bits per heavy atom. The van der Waals surface area contributed by atoms with Crippen LogP contribution in [-0.2, 0) is 16.1 Å². The highest BCUT2D eigenvalue weighted by Gasteiger charge is 2.24. The molecule has 1 fully saturated rings. The summed E-state index contributed by atoms with van der Waals surface area (Å²) in [5.74, 6) is -0.432. The first-order chi connectivity index (χ1) is 11.0. The lowest BCUT2D eigenvalue weighted by molar-refractivity contribution is -0.138. The zero-order valence-electron chi connectivity index (χ0n) is 13.4. The number of benzene rings is 1. The second-order valence-electron chi connectivity index (χ2n) is 6.35. The normalized spacial score (nSPS) is 16.0. The number of aryl methyl sites for hydroxylation is 1. The van der Waals surface area contributed by atoms with Crippen LogP contribution in [-0.4, -0.2) is 39.5 Å². The molecular formula is C18H22N2O3. The number of hydrogen-bond acceptors (Lipinski definition) is 2. The maximum absolute atomic E-state index is 12.6. The van der Waals surface area contributed by atoms with Crippen LogP contribution in [0.1, 0.15) is 25.0 Å². The summed E-state index contributed by atoms with van der Waals surface area (Å²) in [6, 6.07) is 10.2. The molecule has 2 aromatic rings. The molecule has 0 bridgehead atoms. The first kappa shape index (κ1) is 15.6. The van der Waals surface area contributed by atoms with E-state index in [4.69, 9.17) is 5.11 Å². The zero-order valence-corrected chi connectivity index (χ0v) is 13.4. The maximum atomic E-state index is 12.6. The lowest BCUT2D eigenvalue weighted by Crippen LogP contribution is -2.40. The standard InChI is InChI=1S/C18H22N2O3/c1-13-10-15-4-2-3-5-16(15)20(13)12-17(21)19-8-6-14(7-9-19)11-18(22)23/h2-5,10,14H,6-9,11-12H2,1H3,(H,22,23). The molecule has 1 N–H and O–H groups in total. The van der Waals surface area contributed by atoms with Gasteiger partial charge in [0.25, 0.3) is 0 Å². The Bertz CT molecular complexity index is 727. The summed E-state index contributed by atoms with van der Waals surface area (Å²) >= 11 is 0. The van der Waals surface area contributed by atoms with Crippen LogP contribution in [0, 0.1) is 12.8 Å². The van der Waals surface area contributed by atoms with Gasteiger partial charge in [-0.15, -0.1) is 0 Å². The van der Waals surface area contributed by atoms with E-state index in [1.54, 1.807) is 0 Å². The van der Waals surface area contributed by atoms with Crippen molar-refractivity contribution < 1.29 is 14.7 Å². The second kappa shape index (κ2) is 6.44. The molecule has 0 unspecified atom stereocenters. The van der Waals surface area contributed by atoms with E-state index in [1.165, 1.54) is 0 Å². The van der Waals surface area contributed by atoms with Crippen LogP contribution in [0.2, 0.25) is 0 Å². The first-order valence-corrected chi connectivity index (χ1v) is 8.09.